The molecule has 0 unspecified atom stereocenters. The fourth-order valence-corrected chi connectivity index (χ4v) is 3.16. The van der Waals surface area contributed by atoms with Gasteiger partial charge in [-0.15, -0.1) is 0 Å². The van der Waals surface area contributed by atoms with E-state index in [1.54, 1.807) is 0 Å². The van der Waals surface area contributed by atoms with Gasteiger partial charge in [0.15, 0.2) is 0 Å². The van der Waals surface area contributed by atoms with Crippen molar-refractivity contribution in [3.05, 3.63) is 30.1 Å². The minimum absolute atomic E-state index is 0.677. The number of likely N-dealkylation sites (tertiary alicyclic amines) is 1. The van der Waals surface area contributed by atoms with E-state index in [1.165, 1.54) is 19.4 Å². The molecule has 6 heteroatoms. The van der Waals surface area contributed by atoms with Gasteiger partial charge in [-0.2, -0.15) is 10.2 Å². The summed E-state index contributed by atoms with van der Waals surface area (Å²) in [6, 6.07) is 1.98. The van der Waals surface area contributed by atoms with Crippen molar-refractivity contribution >= 4 is 0 Å². The first kappa shape index (κ1) is 14.3. The minimum Gasteiger partial charge on any atom is -0.301 e. The van der Waals surface area contributed by atoms with Gasteiger partial charge in [-0.25, -0.2) is 9.67 Å². The third-order valence-electron chi connectivity index (χ3n) is 4.20. The maximum absolute atomic E-state index is 4.49. The van der Waals surface area contributed by atoms with E-state index < -0.39 is 0 Å². The maximum Gasteiger partial charge on any atom is 0.147 e. The molecule has 3 rings (SSSR count). The van der Waals surface area contributed by atoms with Crippen LogP contribution in [0.2, 0.25) is 0 Å². The molecule has 1 fully saturated rings. The fraction of sp³-hybridized carbons (Fsp3) is 0.667. The highest BCUT2D eigenvalue weighted by Gasteiger charge is 2.21. The third kappa shape index (κ3) is 3.69. The summed E-state index contributed by atoms with van der Waals surface area (Å²) in [5.74, 6) is 2.58. The van der Waals surface area contributed by atoms with Crippen LogP contribution in [0.4, 0.5) is 0 Å². The van der Waals surface area contributed by atoms with E-state index in [4.69, 9.17) is 0 Å². The number of aromatic nitrogens is 5. The van der Waals surface area contributed by atoms with Crippen molar-refractivity contribution in [3.63, 3.8) is 0 Å². The Bertz CT molecular complexity index is 559. The standard InChI is InChI=1S/C15H24N6/c1-13-17-14(2)21(18-13)12-15-5-3-7-19(11-15)9-10-20-8-4-6-16-20/h4,6,8,15H,3,5,7,9-12H2,1-2H3/t15-/m1/s1. The highest BCUT2D eigenvalue weighted by Crippen LogP contribution is 2.18. The Balaban J connectivity index is 1.52. The second kappa shape index (κ2) is 6.39. The molecule has 0 amide bonds. The first-order chi connectivity index (χ1) is 10.2. The summed E-state index contributed by atoms with van der Waals surface area (Å²) in [7, 11) is 0. The van der Waals surface area contributed by atoms with Gasteiger partial charge in [0.1, 0.15) is 11.6 Å². The normalized spacial score (nSPS) is 20.0. The van der Waals surface area contributed by atoms with Gasteiger partial charge in [-0.1, -0.05) is 0 Å². The Morgan fingerprint density at radius 2 is 2.19 bits per heavy atom. The molecule has 0 aliphatic carbocycles. The Morgan fingerprint density at radius 3 is 2.90 bits per heavy atom. The highest BCUT2D eigenvalue weighted by molar-refractivity contribution is 4.88. The molecule has 0 aromatic carbocycles. The van der Waals surface area contributed by atoms with Crippen LogP contribution in [0.3, 0.4) is 0 Å². The summed E-state index contributed by atoms with van der Waals surface area (Å²) >= 11 is 0. The zero-order valence-electron chi connectivity index (χ0n) is 12.9. The lowest BCUT2D eigenvalue weighted by atomic mass is 9.98. The number of rotatable bonds is 5. The van der Waals surface area contributed by atoms with Crippen LogP contribution in [0.1, 0.15) is 24.5 Å². The van der Waals surface area contributed by atoms with Crippen molar-refractivity contribution in [3.8, 4) is 0 Å². The second-order valence-corrected chi connectivity index (χ2v) is 5.97. The zero-order valence-corrected chi connectivity index (χ0v) is 12.9. The van der Waals surface area contributed by atoms with Crippen LogP contribution in [0.15, 0.2) is 18.5 Å². The second-order valence-electron chi connectivity index (χ2n) is 5.97. The summed E-state index contributed by atoms with van der Waals surface area (Å²) in [6.45, 7) is 9.39. The van der Waals surface area contributed by atoms with Crippen LogP contribution in [-0.4, -0.2) is 49.1 Å². The first-order valence-corrected chi connectivity index (χ1v) is 7.78. The summed E-state index contributed by atoms with van der Waals surface area (Å²) < 4.78 is 4.07. The Morgan fingerprint density at radius 1 is 1.29 bits per heavy atom. The summed E-state index contributed by atoms with van der Waals surface area (Å²) in [4.78, 5) is 6.94. The van der Waals surface area contributed by atoms with E-state index in [1.807, 2.05) is 37.0 Å². The largest absolute Gasteiger partial charge is 0.301 e. The van der Waals surface area contributed by atoms with Gasteiger partial charge in [0.2, 0.25) is 0 Å². The van der Waals surface area contributed by atoms with Gasteiger partial charge < -0.3 is 4.90 Å². The molecule has 0 N–H and O–H groups in total. The average molecular weight is 288 g/mol. The summed E-state index contributed by atoms with van der Waals surface area (Å²) in [6.07, 6.45) is 6.44. The SMILES string of the molecule is Cc1nc(C)n(C[C@@H]2CCCN(CCn3cccn3)C2)n1. The molecule has 1 aliphatic rings. The molecule has 3 heterocycles. The number of piperidine rings is 1. The molecule has 0 bridgehead atoms. The predicted molar refractivity (Wildman–Crippen MR) is 80.9 cm³/mol. The predicted octanol–water partition coefficient (Wildman–Crippen LogP) is 1.50. The quantitative estimate of drug-likeness (QED) is 0.837. The molecular formula is C15H24N6. The molecule has 2 aromatic rings. The maximum atomic E-state index is 4.49. The van der Waals surface area contributed by atoms with E-state index in [-0.39, 0.29) is 0 Å². The third-order valence-corrected chi connectivity index (χ3v) is 4.20. The van der Waals surface area contributed by atoms with Crippen molar-refractivity contribution in [1.82, 2.24) is 29.4 Å². The Hall–Kier alpha value is -1.69. The molecular weight excluding hydrogens is 264 g/mol. The van der Waals surface area contributed by atoms with Gasteiger partial charge in [0, 0.05) is 32.0 Å². The molecule has 0 radical (unpaired) electrons. The van der Waals surface area contributed by atoms with Crippen molar-refractivity contribution in [1.29, 1.82) is 0 Å². The van der Waals surface area contributed by atoms with E-state index in [0.717, 1.165) is 37.8 Å². The number of hydrogen-bond donors (Lipinski definition) is 0. The van der Waals surface area contributed by atoms with E-state index in [0.29, 0.717) is 5.92 Å². The fourth-order valence-electron chi connectivity index (χ4n) is 3.16. The number of aryl methyl sites for hydroxylation is 2. The van der Waals surface area contributed by atoms with Gasteiger partial charge in [0.05, 0.1) is 6.54 Å². The number of hydrogen-bond acceptors (Lipinski definition) is 4. The van der Waals surface area contributed by atoms with E-state index in [2.05, 4.69) is 24.8 Å². The lowest BCUT2D eigenvalue weighted by molar-refractivity contribution is 0.153. The van der Waals surface area contributed by atoms with Gasteiger partial charge >= 0.3 is 0 Å². The Kier molecular flexibility index (Phi) is 4.34. The molecule has 21 heavy (non-hydrogen) atoms. The molecule has 114 valence electrons. The topological polar surface area (TPSA) is 51.8 Å². The molecule has 6 nitrogen and oxygen atoms in total. The van der Waals surface area contributed by atoms with E-state index >= 15 is 0 Å². The molecule has 1 saturated heterocycles. The molecule has 1 atom stereocenters. The van der Waals surface area contributed by atoms with Crippen LogP contribution in [0, 0.1) is 19.8 Å². The number of nitrogens with zero attached hydrogens (tertiary/aromatic N) is 6. The summed E-state index contributed by atoms with van der Waals surface area (Å²) in [5, 5.41) is 8.76. The van der Waals surface area contributed by atoms with Crippen LogP contribution in [0.5, 0.6) is 0 Å². The lowest BCUT2D eigenvalue weighted by Gasteiger charge is -2.32. The van der Waals surface area contributed by atoms with Gasteiger partial charge in [0.25, 0.3) is 0 Å². The average Bonchev–Trinajstić information content (AvgIpc) is 3.07. The Labute approximate surface area is 125 Å². The van der Waals surface area contributed by atoms with Crippen LogP contribution in [0.25, 0.3) is 0 Å². The first-order valence-electron chi connectivity index (χ1n) is 7.78. The van der Waals surface area contributed by atoms with Crippen LogP contribution in [-0.2, 0) is 13.1 Å². The van der Waals surface area contributed by atoms with Crippen molar-refractivity contribution in [2.45, 2.75) is 39.8 Å². The molecule has 0 spiro atoms. The molecule has 0 saturated carbocycles. The monoisotopic (exact) mass is 288 g/mol. The zero-order chi connectivity index (χ0) is 14.7. The molecule has 2 aromatic heterocycles. The van der Waals surface area contributed by atoms with E-state index in [9.17, 15) is 0 Å². The van der Waals surface area contributed by atoms with Gasteiger partial charge in [-0.3, -0.25) is 4.68 Å². The van der Waals surface area contributed by atoms with Crippen molar-refractivity contribution < 1.29 is 0 Å². The van der Waals surface area contributed by atoms with Crippen molar-refractivity contribution in [2.24, 2.45) is 5.92 Å². The van der Waals surface area contributed by atoms with Crippen molar-refractivity contribution in [2.75, 3.05) is 19.6 Å². The smallest absolute Gasteiger partial charge is 0.147 e. The minimum atomic E-state index is 0.677. The lowest BCUT2D eigenvalue weighted by Crippen LogP contribution is -2.39. The van der Waals surface area contributed by atoms with Gasteiger partial charge in [-0.05, 0) is 45.2 Å². The highest BCUT2D eigenvalue weighted by atomic mass is 15.3. The summed E-state index contributed by atoms with van der Waals surface area (Å²) in [5.41, 5.74) is 0. The van der Waals surface area contributed by atoms with Crippen LogP contribution >= 0.6 is 0 Å². The molecule has 1 aliphatic heterocycles. The van der Waals surface area contributed by atoms with Crippen LogP contribution < -0.4 is 0 Å².